The normalized spacial score (nSPS) is 14.4. The van der Waals surface area contributed by atoms with Crippen molar-refractivity contribution in [2.75, 3.05) is 26.7 Å². The number of likely N-dealkylation sites (tertiary alicyclic amines) is 1. The molecule has 1 aliphatic rings. The number of carbonyl (C=O) groups is 2. The summed E-state index contributed by atoms with van der Waals surface area (Å²) in [5.74, 6) is 0.630. The van der Waals surface area contributed by atoms with Gasteiger partial charge in [0.2, 0.25) is 5.91 Å². The maximum Gasteiger partial charge on any atom is 0.408 e. The predicted octanol–water partition coefficient (Wildman–Crippen LogP) is 6.68. The highest BCUT2D eigenvalue weighted by Crippen LogP contribution is 2.26. The molecule has 1 fully saturated rings. The number of hydrogen-bond acceptors (Lipinski definition) is 4. The van der Waals surface area contributed by atoms with E-state index in [9.17, 15) is 9.59 Å². The number of rotatable bonds is 10. The zero-order chi connectivity index (χ0) is 29.2. The monoisotopic (exact) mass is 555 g/mol. The molecule has 1 N–H and O–H groups in total. The molecule has 0 aliphatic carbocycles. The van der Waals surface area contributed by atoms with E-state index in [0.29, 0.717) is 6.54 Å². The van der Waals surface area contributed by atoms with Gasteiger partial charge in [-0.25, -0.2) is 4.79 Å². The van der Waals surface area contributed by atoms with Gasteiger partial charge in [0.1, 0.15) is 12.1 Å². The van der Waals surface area contributed by atoms with E-state index in [4.69, 9.17) is 4.74 Å². The lowest BCUT2D eigenvalue weighted by Crippen LogP contribution is -2.40. The maximum absolute atomic E-state index is 12.5. The Morgan fingerprint density at radius 2 is 1.56 bits per heavy atom. The van der Waals surface area contributed by atoms with Crippen molar-refractivity contribution >= 4 is 12.0 Å². The van der Waals surface area contributed by atoms with Crippen LogP contribution in [0.3, 0.4) is 0 Å². The van der Waals surface area contributed by atoms with E-state index in [1.165, 1.54) is 49.0 Å². The van der Waals surface area contributed by atoms with Crippen molar-refractivity contribution in [2.45, 2.75) is 65.1 Å². The first kappa shape index (κ1) is 30.3. The first-order valence-electron chi connectivity index (χ1n) is 14.8. The highest BCUT2D eigenvalue weighted by Gasteiger charge is 2.20. The SMILES string of the molecule is CN(Cc1cccc(-c2ccc(CCC3CCN(Cc4ccccc4)CC3)cc2)c1)C(=O)CNC(=O)OC(C)(C)C. The number of amides is 2. The van der Waals surface area contributed by atoms with Gasteiger partial charge in [0.15, 0.2) is 0 Å². The fourth-order valence-electron chi connectivity index (χ4n) is 5.32. The van der Waals surface area contributed by atoms with Crippen LogP contribution in [-0.4, -0.2) is 54.1 Å². The van der Waals surface area contributed by atoms with Gasteiger partial charge in [-0.05, 0) is 99.3 Å². The molecular weight excluding hydrogens is 510 g/mol. The highest BCUT2D eigenvalue weighted by molar-refractivity contribution is 5.82. The van der Waals surface area contributed by atoms with Gasteiger partial charge in [-0.15, -0.1) is 0 Å². The molecule has 6 heteroatoms. The molecule has 218 valence electrons. The summed E-state index contributed by atoms with van der Waals surface area (Å²) in [6.07, 6.45) is 4.34. The van der Waals surface area contributed by atoms with Crippen LogP contribution in [0.25, 0.3) is 11.1 Å². The Morgan fingerprint density at radius 3 is 2.24 bits per heavy atom. The van der Waals surface area contributed by atoms with E-state index < -0.39 is 11.7 Å². The average Bonchev–Trinajstić information content (AvgIpc) is 2.95. The van der Waals surface area contributed by atoms with E-state index in [2.05, 4.69) is 76.9 Å². The van der Waals surface area contributed by atoms with Crippen molar-refractivity contribution in [1.82, 2.24) is 15.1 Å². The van der Waals surface area contributed by atoms with Crippen molar-refractivity contribution in [3.8, 4) is 11.1 Å². The second-order valence-electron chi connectivity index (χ2n) is 12.2. The predicted molar refractivity (Wildman–Crippen MR) is 165 cm³/mol. The molecule has 1 heterocycles. The summed E-state index contributed by atoms with van der Waals surface area (Å²) < 4.78 is 5.20. The number of benzene rings is 3. The van der Waals surface area contributed by atoms with E-state index in [0.717, 1.165) is 30.0 Å². The number of alkyl carbamates (subject to hydrolysis) is 1. The second-order valence-corrected chi connectivity index (χ2v) is 12.2. The molecule has 0 saturated carbocycles. The summed E-state index contributed by atoms with van der Waals surface area (Å²) in [4.78, 5) is 28.6. The number of ether oxygens (including phenoxy) is 1. The Kier molecular flexibility index (Phi) is 10.6. The molecule has 0 spiro atoms. The molecule has 1 aliphatic heterocycles. The minimum Gasteiger partial charge on any atom is -0.444 e. The summed E-state index contributed by atoms with van der Waals surface area (Å²) in [7, 11) is 1.74. The van der Waals surface area contributed by atoms with Crippen molar-refractivity contribution in [2.24, 2.45) is 5.92 Å². The summed E-state index contributed by atoms with van der Waals surface area (Å²) in [6, 6.07) is 28.0. The summed E-state index contributed by atoms with van der Waals surface area (Å²) in [5, 5.41) is 2.54. The molecule has 0 aromatic heterocycles. The number of nitrogens with zero attached hydrogens (tertiary/aromatic N) is 2. The highest BCUT2D eigenvalue weighted by atomic mass is 16.6. The van der Waals surface area contributed by atoms with Crippen LogP contribution in [0.2, 0.25) is 0 Å². The maximum atomic E-state index is 12.5. The number of aryl methyl sites for hydroxylation is 1. The van der Waals surface area contributed by atoms with Gasteiger partial charge in [0.25, 0.3) is 0 Å². The van der Waals surface area contributed by atoms with Crippen LogP contribution in [0, 0.1) is 5.92 Å². The van der Waals surface area contributed by atoms with Gasteiger partial charge in [0.05, 0.1) is 0 Å². The fraction of sp³-hybridized carbons (Fsp3) is 0.429. The first-order valence-corrected chi connectivity index (χ1v) is 14.8. The molecule has 0 atom stereocenters. The minimum atomic E-state index is -0.599. The number of likely N-dealkylation sites (N-methyl/N-ethyl adjacent to an activating group) is 1. The molecule has 6 nitrogen and oxygen atoms in total. The van der Waals surface area contributed by atoms with Crippen LogP contribution in [-0.2, 0) is 29.0 Å². The Morgan fingerprint density at radius 1 is 0.878 bits per heavy atom. The van der Waals surface area contributed by atoms with Crippen molar-refractivity contribution < 1.29 is 14.3 Å². The van der Waals surface area contributed by atoms with Gasteiger partial charge in [-0.3, -0.25) is 9.69 Å². The third-order valence-corrected chi connectivity index (χ3v) is 7.64. The molecule has 1 saturated heterocycles. The lowest BCUT2D eigenvalue weighted by atomic mass is 9.90. The molecule has 2 amide bonds. The zero-order valence-electron chi connectivity index (χ0n) is 25.1. The van der Waals surface area contributed by atoms with Crippen molar-refractivity contribution in [1.29, 1.82) is 0 Å². The van der Waals surface area contributed by atoms with E-state index in [-0.39, 0.29) is 12.5 Å². The van der Waals surface area contributed by atoms with Crippen LogP contribution in [0.15, 0.2) is 78.9 Å². The largest absolute Gasteiger partial charge is 0.444 e. The topological polar surface area (TPSA) is 61.9 Å². The Balaban J connectivity index is 1.22. The molecule has 4 rings (SSSR count). The molecular formula is C35H45N3O3. The van der Waals surface area contributed by atoms with Crippen molar-refractivity contribution in [3.05, 3.63) is 95.6 Å². The van der Waals surface area contributed by atoms with Crippen LogP contribution in [0.4, 0.5) is 4.79 Å². The van der Waals surface area contributed by atoms with E-state index in [1.807, 2.05) is 12.1 Å². The van der Waals surface area contributed by atoms with Crippen LogP contribution in [0.5, 0.6) is 0 Å². The quantitative estimate of drug-likeness (QED) is 0.303. The number of carbonyl (C=O) groups excluding carboxylic acids is 2. The third kappa shape index (κ3) is 10.0. The van der Waals surface area contributed by atoms with Gasteiger partial charge in [-0.2, -0.15) is 0 Å². The summed E-state index contributed by atoms with van der Waals surface area (Å²) in [5.41, 5.74) is 5.54. The van der Waals surface area contributed by atoms with Crippen LogP contribution < -0.4 is 5.32 Å². The number of piperidine rings is 1. The molecule has 0 radical (unpaired) electrons. The van der Waals surface area contributed by atoms with E-state index >= 15 is 0 Å². The second kappa shape index (κ2) is 14.3. The van der Waals surface area contributed by atoms with Gasteiger partial charge >= 0.3 is 6.09 Å². The lowest BCUT2D eigenvalue weighted by molar-refractivity contribution is -0.129. The number of nitrogens with one attached hydrogen (secondary N) is 1. The summed E-state index contributed by atoms with van der Waals surface area (Å²) in [6.45, 7) is 9.18. The zero-order valence-corrected chi connectivity index (χ0v) is 25.1. The first-order chi connectivity index (χ1) is 19.6. The Labute approximate surface area is 245 Å². The van der Waals surface area contributed by atoms with Gasteiger partial charge in [-0.1, -0.05) is 72.8 Å². The lowest BCUT2D eigenvalue weighted by Gasteiger charge is -2.32. The van der Waals surface area contributed by atoms with Gasteiger partial charge in [0, 0.05) is 20.1 Å². The fourth-order valence-corrected chi connectivity index (χ4v) is 5.32. The Bertz CT molecular complexity index is 1260. The standard InChI is InChI=1S/C35H45N3O3/c1-35(2,3)41-34(40)36-24-33(39)37(4)25-30-11-8-12-32(23-30)31-17-15-27(16-18-31)13-14-28-19-21-38(22-20-28)26-29-9-6-5-7-10-29/h5-12,15-18,23,28H,13-14,19-22,24-26H2,1-4H3,(H,36,40). The van der Waals surface area contributed by atoms with E-state index in [1.54, 1.807) is 32.7 Å². The van der Waals surface area contributed by atoms with Crippen LogP contribution in [0.1, 0.15) is 56.7 Å². The minimum absolute atomic E-state index is 0.0979. The summed E-state index contributed by atoms with van der Waals surface area (Å²) >= 11 is 0. The number of hydrogen-bond donors (Lipinski definition) is 1. The van der Waals surface area contributed by atoms with Crippen LogP contribution >= 0.6 is 0 Å². The third-order valence-electron chi connectivity index (χ3n) is 7.64. The molecule has 3 aromatic rings. The average molecular weight is 556 g/mol. The molecule has 0 unspecified atom stereocenters. The molecule has 0 bridgehead atoms. The van der Waals surface area contributed by atoms with Gasteiger partial charge < -0.3 is 15.0 Å². The molecule has 3 aromatic carbocycles. The molecule has 41 heavy (non-hydrogen) atoms. The van der Waals surface area contributed by atoms with Crippen molar-refractivity contribution in [3.63, 3.8) is 0 Å². The Hall–Kier alpha value is -3.64. The smallest absolute Gasteiger partial charge is 0.408 e.